The molecule has 5 nitrogen and oxygen atoms in total. The van der Waals surface area contributed by atoms with Gasteiger partial charge in [0.1, 0.15) is 6.07 Å². The van der Waals surface area contributed by atoms with Crippen LogP contribution in [-0.4, -0.2) is 37.5 Å². The van der Waals surface area contributed by atoms with Crippen LogP contribution < -0.4 is 0 Å². The predicted octanol–water partition coefficient (Wildman–Crippen LogP) is 2.38. The summed E-state index contributed by atoms with van der Waals surface area (Å²) in [6.45, 7) is 0.161. The summed E-state index contributed by atoms with van der Waals surface area (Å²) >= 11 is 5.93. The van der Waals surface area contributed by atoms with E-state index in [0.717, 1.165) is 25.7 Å². The first-order valence-electron chi connectivity index (χ1n) is 7.18. The molecule has 0 bridgehead atoms. The molecule has 0 aliphatic heterocycles. The molecular weight excluding hydrogens is 324 g/mol. The summed E-state index contributed by atoms with van der Waals surface area (Å²) in [6.07, 6.45) is 3.14. The molecule has 7 heteroatoms. The molecule has 0 aromatic heterocycles. The number of aliphatic hydroxyl groups is 1. The third-order valence-electron chi connectivity index (χ3n) is 4.33. The normalized spacial score (nSPS) is 22.5. The SMILES string of the molecule is CN(C1CCC(CO)CC1)S(=O)(=O)c1ccc(C#N)c(Cl)c1. The largest absolute Gasteiger partial charge is 0.396 e. The van der Waals surface area contributed by atoms with Crippen molar-refractivity contribution in [2.75, 3.05) is 13.7 Å². The zero-order chi connectivity index (χ0) is 16.3. The maximum atomic E-state index is 12.7. The minimum Gasteiger partial charge on any atom is -0.396 e. The Kier molecular flexibility index (Phi) is 5.45. The maximum absolute atomic E-state index is 12.7. The lowest BCUT2D eigenvalue weighted by molar-refractivity contribution is 0.159. The van der Waals surface area contributed by atoms with Crippen LogP contribution in [0.15, 0.2) is 23.1 Å². The molecule has 1 aromatic rings. The summed E-state index contributed by atoms with van der Waals surface area (Å²) in [5.41, 5.74) is 0.256. The first-order valence-corrected chi connectivity index (χ1v) is 9.00. The molecular formula is C15H19ClN2O3S. The Bertz CT molecular complexity index is 677. The molecule has 1 N–H and O–H groups in total. The summed E-state index contributed by atoms with van der Waals surface area (Å²) in [6, 6.07) is 6.01. The molecule has 0 atom stereocenters. The molecule has 0 radical (unpaired) electrons. The van der Waals surface area contributed by atoms with Crippen LogP contribution >= 0.6 is 11.6 Å². The van der Waals surface area contributed by atoms with Crippen LogP contribution in [0.1, 0.15) is 31.2 Å². The Hall–Kier alpha value is -1.13. The van der Waals surface area contributed by atoms with Gasteiger partial charge in [-0.15, -0.1) is 0 Å². The average Bonchev–Trinajstić information content (AvgIpc) is 2.54. The Balaban J connectivity index is 2.20. The number of aliphatic hydroxyl groups excluding tert-OH is 1. The van der Waals surface area contributed by atoms with Gasteiger partial charge in [0.25, 0.3) is 0 Å². The van der Waals surface area contributed by atoms with E-state index in [1.807, 2.05) is 6.07 Å². The van der Waals surface area contributed by atoms with E-state index in [2.05, 4.69) is 0 Å². The van der Waals surface area contributed by atoms with E-state index < -0.39 is 10.0 Å². The van der Waals surface area contributed by atoms with E-state index in [9.17, 15) is 8.42 Å². The van der Waals surface area contributed by atoms with Gasteiger partial charge in [-0.3, -0.25) is 0 Å². The topological polar surface area (TPSA) is 81.4 Å². The van der Waals surface area contributed by atoms with Crippen molar-refractivity contribution in [3.05, 3.63) is 28.8 Å². The lowest BCUT2D eigenvalue weighted by atomic mass is 9.87. The molecule has 22 heavy (non-hydrogen) atoms. The van der Waals surface area contributed by atoms with E-state index >= 15 is 0 Å². The smallest absolute Gasteiger partial charge is 0.243 e. The van der Waals surface area contributed by atoms with Crippen molar-refractivity contribution in [1.82, 2.24) is 4.31 Å². The second-order valence-electron chi connectivity index (χ2n) is 5.63. The Labute approximate surface area is 136 Å². The number of nitrogens with zero attached hydrogens (tertiary/aromatic N) is 2. The van der Waals surface area contributed by atoms with Crippen molar-refractivity contribution < 1.29 is 13.5 Å². The van der Waals surface area contributed by atoms with Crippen LogP contribution in [0.25, 0.3) is 0 Å². The van der Waals surface area contributed by atoms with E-state index in [1.54, 1.807) is 7.05 Å². The highest BCUT2D eigenvalue weighted by Crippen LogP contribution is 2.30. The highest BCUT2D eigenvalue weighted by Gasteiger charge is 2.31. The van der Waals surface area contributed by atoms with E-state index in [-0.39, 0.29) is 34.0 Å². The van der Waals surface area contributed by atoms with Crippen molar-refractivity contribution in [3.8, 4) is 6.07 Å². The first kappa shape index (κ1) is 17.2. The lowest BCUT2D eigenvalue weighted by Gasteiger charge is -2.33. The maximum Gasteiger partial charge on any atom is 0.243 e. The molecule has 1 aliphatic carbocycles. The summed E-state index contributed by atoms with van der Waals surface area (Å²) in [5, 5.41) is 18.2. The van der Waals surface area contributed by atoms with E-state index in [0.29, 0.717) is 0 Å². The van der Waals surface area contributed by atoms with Gasteiger partial charge >= 0.3 is 0 Å². The number of halogens is 1. The van der Waals surface area contributed by atoms with Crippen LogP contribution in [0.2, 0.25) is 5.02 Å². The van der Waals surface area contributed by atoms with Crippen LogP contribution in [-0.2, 0) is 10.0 Å². The molecule has 2 rings (SSSR count). The molecule has 0 saturated heterocycles. The van der Waals surface area contributed by atoms with Gasteiger partial charge in [-0.25, -0.2) is 8.42 Å². The number of sulfonamides is 1. The third kappa shape index (κ3) is 3.44. The Morgan fingerprint density at radius 1 is 1.36 bits per heavy atom. The van der Waals surface area contributed by atoms with Crippen molar-refractivity contribution >= 4 is 21.6 Å². The molecule has 0 spiro atoms. The summed E-state index contributed by atoms with van der Waals surface area (Å²) in [5.74, 6) is 0.275. The highest BCUT2D eigenvalue weighted by molar-refractivity contribution is 7.89. The van der Waals surface area contributed by atoms with Gasteiger partial charge in [-0.05, 0) is 49.8 Å². The van der Waals surface area contributed by atoms with E-state index in [4.69, 9.17) is 22.0 Å². The molecule has 1 aromatic carbocycles. The van der Waals surface area contributed by atoms with Gasteiger partial charge in [0.2, 0.25) is 10.0 Å². The Morgan fingerprint density at radius 3 is 2.50 bits per heavy atom. The average molecular weight is 343 g/mol. The molecule has 1 fully saturated rings. The molecule has 1 saturated carbocycles. The quantitative estimate of drug-likeness (QED) is 0.910. The molecule has 120 valence electrons. The molecule has 0 unspecified atom stereocenters. The number of rotatable bonds is 4. The van der Waals surface area contributed by atoms with Crippen LogP contribution in [0.3, 0.4) is 0 Å². The van der Waals surface area contributed by atoms with Crippen molar-refractivity contribution in [2.45, 2.75) is 36.6 Å². The van der Waals surface area contributed by atoms with Gasteiger partial charge in [0.05, 0.1) is 15.5 Å². The van der Waals surface area contributed by atoms with Crippen molar-refractivity contribution in [3.63, 3.8) is 0 Å². The first-order chi connectivity index (χ1) is 10.4. The fourth-order valence-corrected chi connectivity index (χ4v) is 4.53. The summed E-state index contributed by atoms with van der Waals surface area (Å²) in [7, 11) is -2.06. The minimum atomic E-state index is -3.63. The predicted molar refractivity (Wildman–Crippen MR) is 83.9 cm³/mol. The van der Waals surface area contributed by atoms with Crippen molar-refractivity contribution in [1.29, 1.82) is 5.26 Å². The minimum absolute atomic E-state index is 0.0674. The number of hydrogen-bond donors (Lipinski definition) is 1. The van der Waals surface area contributed by atoms with Crippen LogP contribution in [0.4, 0.5) is 0 Å². The second kappa shape index (κ2) is 6.97. The molecule has 0 heterocycles. The van der Waals surface area contributed by atoms with Gasteiger partial charge in [-0.1, -0.05) is 11.6 Å². The van der Waals surface area contributed by atoms with Gasteiger partial charge in [0, 0.05) is 19.7 Å². The van der Waals surface area contributed by atoms with Crippen molar-refractivity contribution in [2.24, 2.45) is 5.92 Å². The fraction of sp³-hybridized carbons (Fsp3) is 0.533. The molecule has 0 amide bonds. The van der Waals surface area contributed by atoms with Gasteiger partial charge in [0.15, 0.2) is 0 Å². The van der Waals surface area contributed by atoms with E-state index in [1.165, 1.54) is 22.5 Å². The zero-order valence-corrected chi connectivity index (χ0v) is 13.9. The van der Waals surface area contributed by atoms with Crippen LogP contribution in [0, 0.1) is 17.2 Å². The van der Waals surface area contributed by atoms with Crippen LogP contribution in [0.5, 0.6) is 0 Å². The summed E-state index contributed by atoms with van der Waals surface area (Å²) < 4.78 is 26.7. The third-order valence-corrected chi connectivity index (χ3v) is 6.55. The second-order valence-corrected chi connectivity index (χ2v) is 8.04. The Morgan fingerprint density at radius 2 is 2.00 bits per heavy atom. The highest BCUT2D eigenvalue weighted by atomic mass is 35.5. The van der Waals surface area contributed by atoms with Gasteiger partial charge < -0.3 is 5.11 Å². The number of hydrogen-bond acceptors (Lipinski definition) is 4. The number of benzene rings is 1. The fourth-order valence-electron chi connectivity index (χ4n) is 2.80. The van der Waals surface area contributed by atoms with Gasteiger partial charge in [-0.2, -0.15) is 9.57 Å². The lowest BCUT2D eigenvalue weighted by Crippen LogP contribution is -2.39. The standard InChI is InChI=1S/C15H19ClN2O3S/c1-18(13-5-2-11(10-19)3-6-13)22(20,21)14-7-4-12(9-17)15(16)8-14/h4,7-8,11,13,19H,2-3,5-6,10H2,1H3. The summed E-state index contributed by atoms with van der Waals surface area (Å²) in [4.78, 5) is 0.100. The zero-order valence-electron chi connectivity index (χ0n) is 12.4. The number of nitriles is 1. The molecule has 1 aliphatic rings. The monoisotopic (exact) mass is 342 g/mol.